The monoisotopic (exact) mass is 309 g/mol. The fraction of sp³-hybridized carbons (Fsp3) is 0.562. The third-order valence-electron chi connectivity index (χ3n) is 4.34. The summed E-state index contributed by atoms with van der Waals surface area (Å²) in [4.78, 5) is 14.4. The fourth-order valence-electron chi connectivity index (χ4n) is 2.80. The van der Waals surface area contributed by atoms with Gasteiger partial charge in [0.25, 0.3) is 0 Å². The van der Waals surface area contributed by atoms with E-state index in [0.717, 1.165) is 30.8 Å². The lowest BCUT2D eigenvalue weighted by molar-refractivity contribution is -0.117. The molecule has 21 heavy (non-hydrogen) atoms. The van der Waals surface area contributed by atoms with Crippen molar-refractivity contribution >= 4 is 23.2 Å². The topological polar surface area (TPSA) is 58.4 Å². The number of hydrogen-bond acceptors (Lipinski definition) is 3. The molecule has 0 spiro atoms. The van der Waals surface area contributed by atoms with Crippen LogP contribution in [0.2, 0.25) is 5.02 Å². The van der Waals surface area contributed by atoms with Gasteiger partial charge in [0.1, 0.15) is 0 Å². The lowest BCUT2D eigenvalue weighted by Crippen LogP contribution is -2.45. The van der Waals surface area contributed by atoms with E-state index >= 15 is 0 Å². The molecule has 1 saturated heterocycles. The molecule has 1 heterocycles. The number of nitrogens with zero attached hydrogens (tertiary/aromatic N) is 1. The zero-order valence-electron chi connectivity index (χ0n) is 12.7. The van der Waals surface area contributed by atoms with E-state index in [-0.39, 0.29) is 5.91 Å². The van der Waals surface area contributed by atoms with Crippen molar-refractivity contribution in [3.8, 4) is 0 Å². The Labute approximate surface area is 131 Å². The number of carbonyl (C=O) groups is 1. The molecule has 3 N–H and O–H groups in total. The molecule has 0 saturated carbocycles. The molecular weight excluding hydrogens is 286 g/mol. The highest BCUT2D eigenvalue weighted by atomic mass is 35.5. The molecule has 0 bridgehead atoms. The number of likely N-dealkylation sites (tertiary alicyclic amines) is 1. The molecular formula is C16H24ClN3O. The van der Waals surface area contributed by atoms with E-state index in [1.165, 1.54) is 0 Å². The van der Waals surface area contributed by atoms with Gasteiger partial charge in [-0.1, -0.05) is 24.6 Å². The van der Waals surface area contributed by atoms with Crippen LogP contribution in [0.5, 0.6) is 0 Å². The van der Waals surface area contributed by atoms with Gasteiger partial charge in [-0.2, -0.15) is 0 Å². The van der Waals surface area contributed by atoms with Crippen molar-refractivity contribution in [1.82, 2.24) is 4.90 Å². The average molecular weight is 310 g/mol. The first-order valence-corrected chi connectivity index (χ1v) is 7.86. The average Bonchev–Trinajstić information content (AvgIpc) is 2.45. The first kappa shape index (κ1) is 16.3. The summed E-state index contributed by atoms with van der Waals surface area (Å²) in [6.45, 7) is 7.16. The lowest BCUT2D eigenvalue weighted by Gasteiger charge is -2.36. The predicted octanol–water partition coefficient (Wildman–Crippen LogP) is 2.50. The van der Waals surface area contributed by atoms with Crippen molar-refractivity contribution in [2.75, 3.05) is 31.5 Å². The standard InChI is InChI=1S/C16H24ClN3O/c1-11-5-6-20(9-13(11)8-18)10-16(21)19-15-7-14(17)4-3-12(15)2/h3-4,7,11,13H,5-6,8-10,18H2,1-2H3,(H,19,21). The van der Waals surface area contributed by atoms with Gasteiger partial charge >= 0.3 is 0 Å². The molecule has 1 fully saturated rings. The molecule has 2 rings (SSSR count). The number of nitrogens with one attached hydrogen (secondary N) is 1. The number of piperidine rings is 1. The second kappa shape index (κ2) is 7.25. The minimum Gasteiger partial charge on any atom is -0.330 e. The molecule has 1 amide bonds. The number of halogens is 1. The van der Waals surface area contributed by atoms with Gasteiger partial charge in [-0.25, -0.2) is 0 Å². The van der Waals surface area contributed by atoms with Crippen LogP contribution in [0.25, 0.3) is 0 Å². The molecule has 1 aromatic rings. The Hall–Kier alpha value is -1.10. The zero-order chi connectivity index (χ0) is 15.4. The molecule has 5 heteroatoms. The first-order valence-electron chi connectivity index (χ1n) is 7.48. The van der Waals surface area contributed by atoms with E-state index in [0.29, 0.717) is 29.9 Å². The van der Waals surface area contributed by atoms with Gasteiger partial charge in [0.05, 0.1) is 6.54 Å². The van der Waals surface area contributed by atoms with Crippen molar-refractivity contribution in [3.05, 3.63) is 28.8 Å². The number of nitrogens with two attached hydrogens (primary N) is 1. The van der Waals surface area contributed by atoms with Gasteiger partial charge < -0.3 is 11.1 Å². The maximum atomic E-state index is 12.2. The first-order chi connectivity index (χ1) is 9.99. The molecule has 0 aromatic heterocycles. The van der Waals surface area contributed by atoms with Gasteiger partial charge in [-0.15, -0.1) is 0 Å². The maximum Gasteiger partial charge on any atom is 0.238 e. The normalized spacial score (nSPS) is 23.0. The van der Waals surface area contributed by atoms with Crippen molar-refractivity contribution in [2.24, 2.45) is 17.6 Å². The van der Waals surface area contributed by atoms with Crippen molar-refractivity contribution < 1.29 is 4.79 Å². The molecule has 116 valence electrons. The Balaban J connectivity index is 1.91. The SMILES string of the molecule is Cc1ccc(Cl)cc1NC(=O)CN1CCC(C)C(CN)C1. The van der Waals surface area contributed by atoms with Crippen molar-refractivity contribution in [2.45, 2.75) is 20.3 Å². The van der Waals surface area contributed by atoms with E-state index in [2.05, 4.69) is 17.1 Å². The Morgan fingerprint density at radius 3 is 3.00 bits per heavy atom. The van der Waals surface area contributed by atoms with Crippen LogP contribution in [-0.4, -0.2) is 37.0 Å². The second-order valence-corrected chi connectivity index (χ2v) is 6.44. The molecule has 2 atom stereocenters. The van der Waals surface area contributed by atoms with Crippen LogP contribution in [0.4, 0.5) is 5.69 Å². The summed E-state index contributed by atoms with van der Waals surface area (Å²) >= 11 is 5.97. The highest BCUT2D eigenvalue weighted by Crippen LogP contribution is 2.23. The summed E-state index contributed by atoms with van der Waals surface area (Å²) < 4.78 is 0. The van der Waals surface area contributed by atoms with Gasteiger partial charge in [0.2, 0.25) is 5.91 Å². The highest BCUT2D eigenvalue weighted by molar-refractivity contribution is 6.31. The number of anilines is 1. The molecule has 4 nitrogen and oxygen atoms in total. The summed E-state index contributed by atoms with van der Waals surface area (Å²) in [5.41, 5.74) is 7.60. The van der Waals surface area contributed by atoms with Gasteiger partial charge in [0, 0.05) is 17.3 Å². The van der Waals surface area contributed by atoms with Gasteiger partial charge in [-0.3, -0.25) is 9.69 Å². The minimum absolute atomic E-state index is 0.00527. The molecule has 1 aromatic carbocycles. The third-order valence-corrected chi connectivity index (χ3v) is 4.58. The molecule has 0 aliphatic carbocycles. The van der Waals surface area contributed by atoms with Crippen LogP contribution in [0.1, 0.15) is 18.9 Å². The van der Waals surface area contributed by atoms with E-state index < -0.39 is 0 Å². The molecule has 1 aliphatic heterocycles. The smallest absolute Gasteiger partial charge is 0.238 e. The van der Waals surface area contributed by atoms with Crippen LogP contribution in [0.15, 0.2) is 18.2 Å². The second-order valence-electron chi connectivity index (χ2n) is 6.00. The van der Waals surface area contributed by atoms with Crippen LogP contribution in [0.3, 0.4) is 0 Å². The zero-order valence-corrected chi connectivity index (χ0v) is 13.5. The summed E-state index contributed by atoms with van der Waals surface area (Å²) in [6.07, 6.45) is 1.10. The van der Waals surface area contributed by atoms with Crippen LogP contribution >= 0.6 is 11.6 Å². The van der Waals surface area contributed by atoms with Crippen LogP contribution in [0, 0.1) is 18.8 Å². The lowest BCUT2D eigenvalue weighted by atomic mass is 9.87. The summed E-state index contributed by atoms with van der Waals surface area (Å²) in [7, 11) is 0. The quantitative estimate of drug-likeness (QED) is 0.898. The third kappa shape index (κ3) is 4.43. The fourth-order valence-corrected chi connectivity index (χ4v) is 2.97. The number of carbonyl (C=O) groups excluding carboxylic acids is 1. The molecule has 1 aliphatic rings. The van der Waals surface area contributed by atoms with Gasteiger partial charge in [-0.05, 0) is 56.0 Å². The van der Waals surface area contributed by atoms with Gasteiger partial charge in [0.15, 0.2) is 0 Å². The Morgan fingerprint density at radius 2 is 2.29 bits per heavy atom. The maximum absolute atomic E-state index is 12.2. The number of rotatable bonds is 4. The summed E-state index contributed by atoms with van der Waals surface area (Å²) in [5, 5.41) is 3.58. The molecule has 2 unspecified atom stereocenters. The Bertz CT molecular complexity index is 506. The van der Waals surface area contributed by atoms with Crippen LogP contribution in [-0.2, 0) is 4.79 Å². The summed E-state index contributed by atoms with van der Waals surface area (Å²) in [5.74, 6) is 1.13. The predicted molar refractivity (Wildman–Crippen MR) is 87.6 cm³/mol. The van der Waals surface area contributed by atoms with E-state index in [1.54, 1.807) is 6.07 Å². The highest BCUT2D eigenvalue weighted by Gasteiger charge is 2.26. The van der Waals surface area contributed by atoms with E-state index in [4.69, 9.17) is 17.3 Å². The number of benzene rings is 1. The number of amides is 1. The van der Waals surface area contributed by atoms with Crippen LogP contribution < -0.4 is 11.1 Å². The van der Waals surface area contributed by atoms with Crippen molar-refractivity contribution in [3.63, 3.8) is 0 Å². The van der Waals surface area contributed by atoms with E-state index in [9.17, 15) is 4.79 Å². The number of hydrogen-bond donors (Lipinski definition) is 2. The Morgan fingerprint density at radius 1 is 1.52 bits per heavy atom. The summed E-state index contributed by atoms with van der Waals surface area (Å²) in [6, 6.07) is 5.52. The van der Waals surface area contributed by atoms with E-state index in [1.807, 2.05) is 19.1 Å². The van der Waals surface area contributed by atoms with Crippen molar-refractivity contribution in [1.29, 1.82) is 0 Å². The largest absolute Gasteiger partial charge is 0.330 e. The minimum atomic E-state index is 0.00527. The Kier molecular flexibility index (Phi) is 5.62. The molecule has 0 radical (unpaired) electrons. The number of aryl methyl sites for hydroxylation is 1.